The van der Waals surface area contributed by atoms with Crippen LogP contribution in [0.2, 0.25) is 0 Å². The number of pyridine rings is 1. The van der Waals surface area contributed by atoms with Crippen LogP contribution in [-0.2, 0) is 4.74 Å². The van der Waals surface area contributed by atoms with Crippen molar-refractivity contribution in [2.75, 3.05) is 45.1 Å². The molecule has 0 aromatic carbocycles. The smallest absolute Gasteiger partial charge is 0.254 e. The van der Waals surface area contributed by atoms with Gasteiger partial charge in [0, 0.05) is 37.7 Å². The van der Waals surface area contributed by atoms with Crippen LogP contribution in [0.15, 0.2) is 18.5 Å². The molecule has 0 unspecified atom stereocenters. The number of nitrogen functional groups attached to an aromatic ring is 1. The van der Waals surface area contributed by atoms with Crippen molar-refractivity contribution in [3.8, 4) is 0 Å². The minimum atomic E-state index is -0.160. The van der Waals surface area contributed by atoms with Crippen LogP contribution in [0.25, 0.3) is 0 Å². The molecule has 1 aliphatic heterocycles. The van der Waals surface area contributed by atoms with E-state index in [-0.39, 0.29) is 5.91 Å². The molecule has 0 bridgehead atoms. The van der Waals surface area contributed by atoms with Gasteiger partial charge in [-0.2, -0.15) is 0 Å². The molecule has 1 aliphatic rings. The molecule has 0 atom stereocenters. The van der Waals surface area contributed by atoms with Gasteiger partial charge < -0.3 is 15.8 Å². The van der Waals surface area contributed by atoms with Crippen LogP contribution in [0.4, 0.5) is 5.69 Å². The lowest BCUT2D eigenvalue weighted by Crippen LogP contribution is -2.38. The number of nitrogens with two attached hydrogens (primary N) is 1. The fraction of sp³-hybridized carbons (Fsp3) is 0.538. The third-order valence-electron chi connectivity index (χ3n) is 3.14. The van der Waals surface area contributed by atoms with Crippen LogP contribution in [0.1, 0.15) is 16.8 Å². The Kier molecular flexibility index (Phi) is 5.11. The lowest BCUT2D eigenvalue weighted by Gasteiger charge is -2.26. The van der Waals surface area contributed by atoms with E-state index in [9.17, 15) is 4.79 Å². The Morgan fingerprint density at radius 3 is 3.00 bits per heavy atom. The van der Waals surface area contributed by atoms with E-state index >= 15 is 0 Å². The zero-order valence-electron chi connectivity index (χ0n) is 11.0. The van der Waals surface area contributed by atoms with Crippen LogP contribution in [0.5, 0.6) is 0 Å². The SMILES string of the molecule is Nc1ccncc1C(=O)NCCCN1CCOCC1. The van der Waals surface area contributed by atoms with E-state index in [0.717, 1.165) is 39.3 Å². The molecule has 1 amide bonds. The summed E-state index contributed by atoms with van der Waals surface area (Å²) in [6, 6.07) is 1.63. The number of hydrogen-bond acceptors (Lipinski definition) is 5. The highest BCUT2D eigenvalue weighted by Crippen LogP contribution is 2.07. The molecule has 3 N–H and O–H groups in total. The van der Waals surface area contributed by atoms with Crippen molar-refractivity contribution in [3.63, 3.8) is 0 Å². The summed E-state index contributed by atoms with van der Waals surface area (Å²) in [5, 5.41) is 2.86. The van der Waals surface area contributed by atoms with Crippen molar-refractivity contribution in [1.29, 1.82) is 0 Å². The first-order valence-electron chi connectivity index (χ1n) is 6.55. The fourth-order valence-corrected chi connectivity index (χ4v) is 2.02. The maximum Gasteiger partial charge on any atom is 0.254 e. The van der Waals surface area contributed by atoms with E-state index in [0.29, 0.717) is 17.8 Å². The van der Waals surface area contributed by atoms with Gasteiger partial charge in [-0.3, -0.25) is 14.7 Å². The van der Waals surface area contributed by atoms with Crippen LogP contribution >= 0.6 is 0 Å². The maximum atomic E-state index is 11.9. The number of carbonyl (C=O) groups excluding carboxylic acids is 1. The van der Waals surface area contributed by atoms with Crippen molar-refractivity contribution in [2.45, 2.75) is 6.42 Å². The van der Waals surface area contributed by atoms with Gasteiger partial charge in [-0.15, -0.1) is 0 Å². The summed E-state index contributed by atoms with van der Waals surface area (Å²) in [6.07, 6.45) is 3.99. The number of nitrogens with zero attached hydrogens (tertiary/aromatic N) is 2. The summed E-state index contributed by atoms with van der Waals surface area (Å²) in [5.74, 6) is -0.160. The number of aromatic nitrogens is 1. The predicted octanol–water partition coefficient (Wildman–Crippen LogP) is 0.116. The largest absolute Gasteiger partial charge is 0.398 e. The average Bonchev–Trinajstić information content (AvgIpc) is 2.45. The first-order chi connectivity index (χ1) is 9.27. The zero-order chi connectivity index (χ0) is 13.5. The Labute approximate surface area is 112 Å². The Hall–Kier alpha value is -1.66. The van der Waals surface area contributed by atoms with E-state index in [1.807, 2.05) is 0 Å². The number of carbonyl (C=O) groups is 1. The highest BCUT2D eigenvalue weighted by atomic mass is 16.5. The third kappa shape index (κ3) is 4.18. The Balaban J connectivity index is 1.68. The fourth-order valence-electron chi connectivity index (χ4n) is 2.02. The Morgan fingerprint density at radius 1 is 1.47 bits per heavy atom. The summed E-state index contributed by atoms with van der Waals surface area (Å²) in [4.78, 5) is 18.1. The van der Waals surface area contributed by atoms with E-state index < -0.39 is 0 Å². The predicted molar refractivity (Wildman–Crippen MR) is 72.9 cm³/mol. The quantitative estimate of drug-likeness (QED) is 0.738. The average molecular weight is 264 g/mol. The topological polar surface area (TPSA) is 80.5 Å². The Morgan fingerprint density at radius 2 is 2.26 bits per heavy atom. The molecule has 0 aliphatic carbocycles. The number of nitrogens with one attached hydrogen (secondary N) is 1. The van der Waals surface area contributed by atoms with Gasteiger partial charge in [-0.25, -0.2) is 0 Å². The number of amides is 1. The third-order valence-corrected chi connectivity index (χ3v) is 3.14. The van der Waals surface area contributed by atoms with Crippen molar-refractivity contribution in [2.24, 2.45) is 0 Å². The van der Waals surface area contributed by atoms with Gasteiger partial charge in [0.15, 0.2) is 0 Å². The first kappa shape index (κ1) is 13.8. The molecule has 1 aromatic heterocycles. The molecule has 2 rings (SSSR count). The second kappa shape index (κ2) is 7.06. The summed E-state index contributed by atoms with van der Waals surface area (Å²) < 4.78 is 5.28. The van der Waals surface area contributed by atoms with E-state index in [2.05, 4.69) is 15.2 Å². The van der Waals surface area contributed by atoms with Crippen molar-refractivity contribution < 1.29 is 9.53 Å². The molecule has 19 heavy (non-hydrogen) atoms. The number of ether oxygens (including phenoxy) is 1. The molecule has 6 heteroatoms. The van der Waals surface area contributed by atoms with Crippen LogP contribution in [-0.4, -0.2) is 55.2 Å². The summed E-state index contributed by atoms with van der Waals surface area (Å²) >= 11 is 0. The second-order valence-corrected chi connectivity index (χ2v) is 4.53. The molecular weight excluding hydrogens is 244 g/mol. The van der Waals surface area contributed by atoms with Gasteiger partial charge in [0.05, 0.1) is 18.8 Å². The molecule has 6 nitrogen and oxygen atoms in total. The van der Waals surface area contributed by atoms with Gasteiger partial charge in [0.1, 0.15) is 0 Å². The summed E-state index contributed by atoms with van der Waals surface area (Å²) in [5.41, 5.74) is 6.62. The maximum absolute atomic E-state index is 11.9. The molecule has 1 aromatic rings. The van der Waals surface area contributed by atoms with Gasteiger partial charge in [0.25, 0.3) is 5.91 Å². The second-order valence-electron chi connectivity index (χ2n) is 4.53. The normalized spacial score (nSPS) is 16.2. The lowest BCUT2D eigenvalue weighted by molar-refractivity contribution is 0.0374. The lowest BCUT2D eigenvalue weighted by atomic mass is 10.2. The van der Waals surface area contributed by atoms with Crippen LogP contribution in [0.3, 0.4) is 0 Å². The minimum absolute atomic E-state index is 0.160. The molecular formula is C13H20N4O2. The Bertz CT molecular complexity index is 419. The summed E-state index contributed by atoms with van der Waals surface area (Å²) in [7, 11) is 0. The van der Waals surface area contributed by atoms with Crippen LogP contribution < -0.4 is 11.1 Å². The zero-order valence-corrected chi connectivity index (χ0v) is 11.0. The minimum Gasteiger partial charge on any atom is -0.398 e. The number of morpholine rings is 1. The van der Waals surface area contributed by atoms with E-state index in [1.165, 1.54) is 6.20 Å². The molecule has 1 fully saturated rings. The molecule has 1 saturated heterocycles. The molecule has 0 saturated carbocycles. The number of anilines is 1. The van der Waals surface area contributed by atoms with E-state index in [1.54, 1.807) is 12.3 Å². The summed E-state index contributed by atoms with van der Waals surface area (Å²) in [6.45, 7) is 5.18. The van der Waals surface area contributed by atoms with Crippen LogP contribution in [0, 0.1) is 0 Å². The monoisotopic (exact) mass is 264 g/mol. The van der Waals surface area contributed by atoms with Gasteiger partial charge in [-0.1, -0.05) is 0 Å². The molecule has 0 spiro atoms. The van der Waals surface area contributed by atoms with Gasteiger partial charge in [0.2, 0.25) is 0 Å². The molecule has 2 heterocycles. The molecule has 104 valence electrons. The van der Waals surface area contributed by atoms with Crippen molar-refractivity contribution >= 4 is 11.6 Å². The van der Waals surface area contributed by atoms with Crippen molar-refractivity contribution in [3.05, 3.63) is 24.0 Å². The number of hydrogen-bond donors (Lipinski definition) is 2. The van der Waals surface area contributed by atoms with E-state index in [4.69, 9.17) is 10.5 Å². The molecule has 0 radical (unpaired) electrons. The highest BCUT2D eigenvalue weighted by Gasteiger charge is 2.11. The van der Waals surface area contributed by atoms with Gasteiger partial charge in [-0.05, 0) is 19.0 Å². The standard InChI is InChI=1S/C13H20N4O2/c14-12-2-4-15-10-11(12)13(18)16-3-1-5-17-6-8-19-9-7-17/h2,4,10H,1,3,5-9H2,(H2,14,15)(H,16,18). The number of rotatable bonds is 5. The first-order valence-corrected chi connectivity index (χ1v) is 6.55. The van der Waals surface area contributed by atoms with Crippen molar-refractivity contribution in [1.82, 2.24) is 15.2 Å². The highest BCUT2D eigenvalue weighted by molar-refractivity contribution is 5.98. The van der Waals surface area contributed by atoms with Gasteiger partial charge >= 0.3 is 0 Å².